The molecule has 1 aromatic carbocycles. The average Bonchev–Trinajstić information content (AvgIpc) is 2.92. The zero-order valence-electron chi connectivity index (χ0n) is 15.0. The largest absolute Gasteiger partial charge is 0.306 e. The molecule has 0 spiro atoms. The average molecular weight is 343 g/mol. The lowest BCUT2D eigenvalue weighted by Crippen LogP contribution is -2.34. The maximum absolute atomic E-state index is 4.63. The van der Waals surface area contributed by atoms with E-state index in [9.17, 15) is 0 Å². The van der Waals surface area contributed by atoms with Crippen LogP contribution >= 0.6 is 0 Å². The maximum atomic E-state index is 4.63. The van der Waals surface area contributed by atoms with Gasteiger partial charge in [-0.05, 0) is 61.4 Å². The van der Waals surface area contributed by atoms with Gasteiger partial charge < -0.3 is 5.32 Å². The summed E-state index contributed by atoms with van der Waals surface area (Å²) in [4.78, 5) is 9.21. The van der Waals surface area contributed by atoms with Crippen LogP contribution in [0.25, 0.3) is 0 Å². The summed E-state index contributed by atoms with van der Waals surface area (Å²) in [5.41, 5.74) is 5.15. The first-order valence-electron chi connectivity index (χ1n) is 9.52. The highest BCUT2D eigenvalue weighted by atomic mass is 15.0. The third-order valence-corrected chi connectivity index (χ3v) is 5.24. The summed E-state index contributed by atoms with van der Waals surface area (Å²) >= 11 is 0. The fourth-order valence-corrected chi connectivity index (χ4v) is 3.84. The number of aromatic nitrogens is 2. The normalized spacial score (nSPS) is 17.9. The van der Waals surface area contributed by atoms with Crippen molar-refractivity contribution in [3.8, 4) is 0 Å². The summed E-state index contributed by atoms with van der Waals surface area (Å²) in [6.45, 7) is 0. The van der Waals surface area contributed by atoms with Gasteiger partial charge in [-0.25, -0.2) is 0 Å². The molecule has 2 aromatic heterocycles. The molecule has 1 N–H and O–H groups in total. The van der Waals surface area contributed by atoms with Gasteiger partial charge in [0.25, 0.3) is 0 Å². The molecule has 0 saturated heterocycles. The zero-order chi connectivity index (χ0) is 17.6. The van der Waals surface area contributed by atoms with Gasteiger partial charge in [0, 0.05) is 24.1 Å². The molecule has 3 nitrogen and oxygen atoms in total. The van der Waals surface area contributed by atoms with Crippen LogP contribution in [0.15, 0.2) is 73.1 Å². The fraction of sp³-hybridized carbons (Fsp3) is 0.304. The number of benzene rings is 1. The van der Waals surface area contributed by atoms with Crippen LogP contribution in [0.2, 0.25) is 0 Å². The Morgan fingerprint density at radius 1 is 0.846 bits per heavy atom. The number of rotatable bonds is 5. The molecule has 2 atom stereocenters. The molecule has 2 unspecified atom stereocenters. The predicted molar refractivity (Wildman–Crippen MR) is 105 cm³/mol. The lowest BCUT2D eigenvalue weighted by molar-refractivity contribution is 0.393. The third kappa shape index (κ3) is 4.17. The second-order valence-electron chi connectivity index (χ2n) is 7.05. The van der Waals surface area contributed by atoms with Crippen LogP contribution in [0, 0.1) is 0 Å². The standard InChI is InChI=1S/C23H25N3/c1-2-7-18(8-3-1)17-23(22-10-4-5-15-25-22)26-20-12-11-19-9-6-16-24-21(19)14-13-20/h1-10,15-16,20,23,26H,11-14,17H2. The minimum Gasteiger partial charge on any atom is -0.306 e. The van der Waals surface area contributed by atoms with Gasteiger partial charge in [-0.3, -0.25) is 9.97 Å². The van der Waals surface area contributed by atoms with Crippen LogP contribution in [0.4, 0.5) is 0 Å². The molecular weight excluding hydrogens is 318 g/mol. The Morgan fingerprint density at radius 2 is 1.65 bits per heavy atom. The Morgan fingerprint density at radius 3 is 2.50 bits per heavy atom. The first kappa shape index (κ1) is 16.9. The molecule has 0 bridgehead atoms. The summed E-state index contributed by atoms with van der Waals surface area (Å²) in [5, 5.41) is 3.91. The quantitative estimate of drug-likeness (QED) is 0.702. The van der Waals surface area contributed by atoms with Gasteiger partial charge >= 0.3 is 0 Å². The van der Waals surface area contributed by atoms with E-state index in [-0.39, 0.29) is 6.04 Å². The third-order valence-electron chi connectivity index (χ3n) is 5.24. The number of hydrogen-bond donors (Lipinski definition) is 1. The number of pyridine rings is 2. The van der Waals surface area contributed by atoms with E-state index in [0.29, 0.717) is 6.04 Å². The first-order valence-corrected chi connectivity index (χ1v) is 9.52. The Bertz CT molecular complexity index is 790. The zero-order valence-corrected chi connectivity index (χ0v) is 15.0. The number of hydrogen-bond acceptors (Lipinski definition) is 3. The molecule has 132 valence electrons. The van der Waals surface area contributed by atoms with Crippen molar-refractivity contribution in [3.63, 3.8) is 0 Å². The van der Waals surface area contributed by atoms with Gasteiger partial charge in [0.05, 0.1) is 11.7 Å². The van der Waals surface area contributed by atoms with E-state index in [1.807, 2.05) is 18.5 Å². The van der Waals surface area contributed by atoms with E-state index in [0.717, 1.165) is 37.8 Å². The minimum atomic E-state index is 0.234. The van der Waals surface area contributed by atoms with Crippen LogP contribution in [0.5, 0.6) is 0 Å². The molecule has 4 rings (SSSR count). The van der Waals surface area contributed by atoms with Crippen molar-refractivity contribution in [3.05, 3.63) is 95.6 Å². The van der Waals surface area contributed by atoms with Crippen molar-refractivity contribution in [2.45, 2.75) is 44.2 Å². The molecule has 1 aliphatic carbocycles. The van der Waals surface area contributed by atoms with Crippen LogP contribution in [0.1, 0.15) is 41.4 Å². The van der Waals surface area contributed by atoms with Crippen molar-refractivity contribution in [1.29, 1.82) is 0 Å². The topological polar surface area (TPSA) is 37.8 Å². The molecule has 0 radical (unpaired) electrons. The van der Waals surface area contributed by atoms with Crippen LogP contribution in [-0.2, 0) is 19.3 Å². The van der Waals surface area contributed by atoms with Crippen molar-refractivity contribution in [2.24, 2.45) is 0 Å². The monoisotopic (exact) mass is 343 g/mol. The predicted octanol–water partition coefficient (Wildman–Crippen LogP) is 4.30. The number of nitrogens with one attached hydrogen (secondary N) is 1. The summed E-state index contributed by atoms with van der Waals surface area (Å²) < 4.78 is 0. The second-order valence-corrected chi connectivity index (χ2v) is 7.05. The van der Waals surface area contributed by atoms with E-state index in [1.165, 1.54) is 16.8 Å². The lowest BCUT2D eigenvalue weighted by Gasteiger charge is -2.25. The Hall–Kier alpha value is -2.52. The smallest absolute Gasteiger partial charge is 0.0576 e. The van der Waals surface area contributed by atoms with E-state index < -0.39 is 0 Å². The SMILES string of the molecule is c1ccc(CC(NC2CCc3cccnc3CC2)c2ccccn2)cc1. The van der Waals surface area contributed by atoms with Gasteiger partial charge in [0.2, 0.25) is 0 Å². The van der Waals surface area contributed by atoms with Crippen LogP contribution < -0.4 is 5.32 Å². The molecule has 0 amide bonds. The molecule has 0 fully saturated rings. The van der Waals surface area contributed by atoms with E-state index in [2.05, 4.69) is 69.9 Å². The van der Waals surface area contributed by atoms with Gasteiger partial charge in [-0.15, -0.1) is 0 Å². The molecule has 0 saturated carbocycles. The summed E-state index contributed by atoms with van der Waals surface area (Å²) in [5.74, 6) is 0. The lowest BCUT2D eigenvalue weighted by atomic mass is 9.99. The number of aryl methyl sites for hydroxylation is 2. The summed E-state index contributed by atoms with van der Waals surface area (Å²) in [6, 6.07) is 21.9. The van der Waals surface area contributed by atoms with Gasteiger partial charge in [-0.1, -0.05) is 42.5 Å². The molecule has 2 heterocycles. The fourth-order valence-electron chi connectivity index (χ4n) is 3.84. The molecular formula is C23H25N3. The highest BCUT2D eigenvalue weighted by Gasteiger charge is 2.21. The second kappa shape index (κ2) is 8.24. The molecule has 1 aliphatic rings. The Labute approximate surface area is 155 Å². The van der Waals surface area contributed by atoms with Crippen molar-refractivity contribution < 1.29 is 0 Å². The van der Waals surface area contributed by atoms with Gasteiger partial charge in [0.1, 0.15) is 0 Å². The highest BCUT2D eigenvalue weighted by molar-refractivity contribution is 5.23. The van der Waals surface area contributed by atoms with E-state index in [4.69, 9.17) is 0 Å². The number of fused-ring (bicyclic) bond motifs is 1. The first-order chi connectivity index (χ1) is 12.9. The molecule has 3 aromatic rings. The summed E-state index contributed by atoms with van der Waals surface area (Å²) in [6.07, 6.45) is 9.19. The van der Waals surface area contributed by atoms with E-state index in [1.54, 1.807) is 0 Å². The molecule has 0 aliphatic heterocycles. The van der Waals surface area contributed by atoms with Crippen LogP contribution in [-0.4, -0.2) is 16.0 Å². The highest BCUT2D eigenvalue weighted by Crippen LogP contribution is 2.23. The van der Waals surface area contributed by atoms with Gasteiger partial charge in [0.15, 0.2) is 0 Å². The molecule has 3 heteroatoms. The van der Waals surface area contributed by atoms with Crippen LogP contribution in [0.3, 0.4) is 0 Å². The number of nitrogens with zero attached hydrogens (tertiary/aromatic N) is 2. The Kier molecular flexibility index (Phi) is 5.36. The minimum absolute atomic E-state index is 0.234. The summed E-state index contributed by atoms with van der Waals surface area (Å²) in [7, 11) is 0. The van der Waals surface area contributed by atoms with Crippen molar-refractivity contribution in [2.75, 3.05) is 0 Å². The van der Waals surface area contributed by atoms with E-state index >= 15 is 0 Å². The van der Waals surface area contributed by atoms with Gasteiger partial charge in [-0.2, -0.15) is 0 Å². The maximum Gasteiger partial charge on any atom is 0.0576 e. The Balaban J connectivity index is 1.50. The molecule has 26 heavy (non-hydrogen) atoms. The van der Waals surface area contributed by atoms with Crippen molar-refractivity contribution in [1.82, 2.24) is 15.3 Å². The van der Waals surface area contributed by atoms with Crippen molar-refractivity contribution >= 4 is 0 Å².